The predicted octanol–water partition coefficient (Wildman–Crippen LogP) is 0.552. The molecule has 0 amide bonds. The summed E-state index contributed by atoms with van der Waals surface area (Å²) < 4.78 is 1.74. The summed E-state index contributed by atoms with van der Waals surface area (Å²) in [6.07, 6.45) is 4.22. The fraction of sp³-hybridized carbons (Fsp3) is 0.556. The summed E-state index contributed by atoms with van der Waals surface area (Å²) in [4.78, 5) is 15.7. The lowest BCUT2D eigenvalue weighted by molar-refractivity contribution is 0.609. The van der Waals surface area contributed by atoms with E-state index in [1.807, 2.05) is 0 Å². The minimum atomic E-state index is -0.00981. The molecule has 0 spiro atoms. The molecule has 4 nitrogen and oxygen atoms in total. The number of aromatic nitrogens is 2. The van der Waals surface area contributed by atoms with Crippen molar-refractivity contribution in [2.24, 2.45) is 0 Å². The van der Waals surface area contributed by atoms with Crippen LogP contribution in [0.1, 0.15) is 25.1 Å². The molecule has 1 aromatic heterocycles. The average Bonchev–Trinajstić information content (AvgIpc) is 2.28. The Morgan fingerprint density at radius 2 is 2.23 bits per heavy atom. The SMILES string of the molecule is Nc1cc(=O)n2c(n1)CCCCC2. The van der Waals surface area contributed by atoms with Crippen LogP contribution >= 0.6 is 0 Å². The number of fused-ring (bicyclic) bond motifs is 1. The van der Waals surface area contributed by atoms with Crippen LogP contribution in [0.5, 0.6) is 0 Å². The normalized spacial score (nSPS) is 16.3. The first kappa shape index (κ1) is 8.29. The van der Waals surface area contributed by atoms with Gasteiger partial charge in [-0.2, -0.15) is 0 Å². The Kier molecular flexibility index (Phi) is 2.04. The highest BCUT2D eigenvalue weighted by Gasteiger charge is 2.10. The van der Waals surface area contributed by atoms with Crippen molar-refractivity contribution in [3.05, 3.63) is 22.2 Å². The van der Waals surface area contributed by atoms with Gasteiger partial charge in [0.1, 0.15) is 11.6 Å². The van der Waals surface area contributed by atoms with Crippen LogP contribution < -0.4 is 11.3 Å². The molecule has 2 rings (SSSR count). The van der Waals surface area contributed by atoms with Crippen LogP contribution in [-0.2, 0) is 13.0 Å². The van der Waals surface area contributed by atoms with Gasteiger partial charge in [0.25, 0.3) is 5.56 Å². The number of aryl methyl sites for hydroxylation is 1. The van der Waals surface area contributed by atoms with E-state index in [1.165, 1.54) is 12.5 Å². The standard InChI is InChI=1S/C9H13N3O/c10-7-6-9(13)12-5-3-1-2-4-8(12)11-7/h6H,1-5,10H2. The zero-order valence-electron chi connectivity index (χ0n) is 7.49. The molecule has 4 heteroatoms. The van der Waals surface area contributed by atoms with Gasteiger partial charge in [-0.3, -0.25) is 9.36 Å². The summed E-state index contributed by atoms with van der Waals surface area (Å²) >= 11 is 0. The van der Waals surface area contributed by atoms with Gasteiger partial charge in [0.2, 0.25) is 0 Å². The Morgan fingerprint density at radius 1 is 1.38 bits per heavy atom. The van der Waals surface area contributed by atoms with Crippen LogP contribution in [0.15, 0.2) is 10.9 Å². The van der Waals surface area contributed by atoms with Crippen molar-refractivity contribution in [1.82, 2.24) is 9.55 Å². The predicted molar refractivity (Wildman–Crippen MR) is 50.5 cm³/mol. The highest BCUT2D eigenvalue weighted by Crippen LogP contribution is 2.10. The second kappa shape index (κ2) is 3.20. The number of hydrogen-bond acceptors (Lipinski definition) is 3. The van der Waals surface area contributed by atoms with Crippen LogP contribution in [0, 0.1) is 0 Å². The fourth-order valence-electron chi connectivity index (χ4n) is 1.73. The zero-order valence-corrected chi connectivity index (χ0v) is 7.49. The minimum Gasteiger partial charge on any atom is -0.383 e. The van der Waals surface area contributed by atoms with Crippen molar-refractivity contribution < 1.29 is 0 Å². The maximum absolute atomic E-state index is 11.5. The van der Waals surface area contributed by atoms with Gasteiger partial charge < -0.3 is 5.73 Å². The van der Waals surface area contributed by atoms with Crippen molar-refractivity contribution in [3.8, 4) is 0 Å². The van der Waals surface area contributed by atoms with Crippen LogP contribution in [0.4, 0.5) is 5.82 Å². The molecule has 13 heavy (non-hydrogen) atoms. The van der Waals surface area contributed by atoms with Gasteiger partial charge >= 0.3 is 0 Å². The van der Waals surface area contributed by atoms with Crippen molar-refractivity contribution >= 4 is 5.82 Å². The number of nitrogen functional groups attached to an aromatic ring is 1. The van der Waals surface area contributed by atoms with Gasteiger partial charge in [0.05, 0.1) is 0 Å². The van der Waals surface area contributed by atoms with Gasteiger partial charge in [0.15, 0.2) is 0 Å². The van der Waals surface area contributed by atoms with E-state index >= 15 is 0 Å². The molecule has 0 saturated heterocycles. The Morgan fingerprint density at radius 3 is 3.08 bits per heavy atom. The zero-order chi connectivity index (χ0) is 9.26. The van der Waals surface area contributed by atoms with Gasteiger partial charge in [0, 0.05) is 19.0 Å². The van der Waals surface area contributed by atoms with Gasteiger partial charge in [-0.25, -0.2) is 4.98 Å². The maximum atomic E-state index is 11.5. The summed E-state index contributed by atoms with van der Waals surface area (Å²) in [5.74, 6) is 1.20. The molecular formula is C9H13N3O. The first-order chi connectivity index (χ1) is 6.27. The van der Waals surface area contributed by atoms with Crippen molar-refractivity contribution in [2.45, 2.75) is 32.2 Å². The maximum Gasteiger partial charge on any atom is 0.255 e. The molecule has 2 heterocycles. The molecule has 70 valence electrons. The molecule has 1 aromatic rings. The Balaban J connectivity index is 2.53. The Hall–Kier alpha value is -1.32. The lowest BCUT2D eigenvalue weighted by atomic mass is 10.2. The highest BCUT2D eigenvalue weighted by atomic mass is 16.1. The molecule has 0 saturated carbocycles. The van der Waals surface area contributed by atoms with E-state index in [4.69, 9.17) is 5.73 Å². The number of nitrogens with zero attached hydrogens (tertiary/aromatic N) is 2. The fourth-order valence-corrected chi connectivity index (χ4v) is 1.73. The molecule has 0 bridgehead atoms. The van der Waals surface area contributed by atoms with E-state index in [2.05, 4.69) is 4.98 Å². The van der Waals surface area contributed by atoms with E-state index in [0.717, 1.165) is 31.6 Å². The topological polar surface area (TPSA) is 60.9 Å². The highest BCUT2D eigenvalue weighted by molar-refractivity contribution is 5.26. The third-order valence-corrected chi connectivity index (χ3v) is 2.39. The van der Waals surface area contributed by atoms with E-state index in [-0.39, 0.29) is 5.56 Å². The van der Waals surface area contributed by atoms with Crippen molar-refractivity contribution in [1.29, 1.82) is 0 Å². The molecule has 2 N–H and O–H groups in total. The van der Waals surface area contributed by atoms with Gasteiger partial charge in [-0.05, 0) is 12.8 Å². The Bertz CT molecular complexity index is 370. The second-order valence-electron chi connectivity index (χ2n) is 3.40. The molecule has 0 fully saturated rings. The molecule has 0 aromatic carbocycles. The number of rotatable bonds is 0. The van der Waals surface area contributed by atoms with Crippen LogP contribution in [-0.4, -0.2) is 9.55 Å². The monoisotopic (exact) mass is 179 g/mol. The molecule has 0 unspecified atom stereocenters. The smallest absolute Gasteiger partial charge is 0.255 e. The molecule has 0 aliphatic carbocycles. The van der Waals surface area contributed by atoms with E-state index in [0.29, 0.717) is 5.82 Å². The van der Waals surface area contributed by atoms with E-state index < -0.39 is 0 Å². The van der Waals surface area contributed by atoms with Crippen LogP contribution in [0.2, 0.25) is 0 Å². The van der Waals surface area contributed by atoms with E-state index in [1.54, 1.807) is 4.57 Å². The molecule has 1 aliphatic rings. The molecule has 1 aliphatic heterocycles. The van der Waals surface area contributed by atoms with Gasteiger partial charge in [-0.1, -0.05) is 6.42 Å². The van der Waals surface area contributed by atoms with Crippen molar-refractivity contribution in [2.75, 3.05) is 5.73 Å². The summed E-state index contributed by atoms with van der Waals surface area (Å²) in [5.41, 5.74) is 5.50. The molecule has 0 atom stereocenters. The quantitative estimate of drug-likeness (QED) is 0.632. The Labute approximate surface area is 76.4 Å². The first-order valence-electron chi connectivity index (χ1n) is 4.63. The number of anilines is 1. The lowest BCUT2D eigenvalue weighted by Crippen LogP contribution is -2.24. The molecular weight excluding hydrogens is 166 g/mol. The average molecular weight is 179 g/mol. The largest absolute Gasteiger partial charge is 0.383 e. The van der Waals surface area contributed by atoms with Crippen LogP contribution in [0.25, 0.3) is 0 Å². The summed E-state index contributed by atoms with van der Waals surface area (Å²) in [6, 6.07) is 1.40. The summed E-state index contributed by atoms with van der Waals surface area (Å²) in [6.45, 7) is 0.793. The number of nitrogens with two attached hydrogens (primary N) is 1. The second-order valence-corrected chi connectivity index (χ2v) is 3.40. The minimum absolute atomic E-state index is 0.00981. The van der Waals surface area contributed by atoms with E-state index in [9.17, 15) is 4.79 Å². The van der Waals surface area contributed by atoms with Crippen molar-refractivity contribution in [3.63, 3.8) is 0 Å². The lowest BCUT2D eigenvalue weighted by Gasteiger charge is -2.07. The van der Waals surface area contributed by atoms with Gasteiger partial charge in [-0.15, -0.1) is 0 Å². The summed E-state index contributed by atoms with van der Waals surface area (Å²) in [5, 5.41) is 0. The third kappa shape index (κ3) is 1.56. The van der Waals surface area contributed by atoms with Crippen LogP contribution in [0.3, 0.4) is 0 Å². The number of hydrogen-bond donors (Lipinski definition) is 1. The third-order valence-electron chi connectivity index (χ3n) is 2.39. The molecule has 0 radical (unpaired) electrons. The first-order valence-corrected chi connectivity index (χ1v) is 4.63. The summed E-state index contributed by atoms with van der Waals surface area (Å²) in [7, 11) is 0.